The molecule has 0 radical (unpaired) electrons. The Bertz CT molecular complexity index is 657. The molecule has 2 aromatic rings. The zero-order valence-corrected chi connectivity index (χ0v) is 12.0. The van der Waals surface area contributed by atoms with E-state index in [2.05, 4.69) is 24.0 Å². The lowest BCUT2D eigenvalue weighted by Gasteiger charge is -2.35. The summed E-state index contributed by atoms with van der Waals surface area (Å²) in [5.41, 5.74) is 9.58. The van der Waals surface area contributed by atoms with E-state index in [1.807, 2.05) is 12.1 Å². The maximum Gasteiger partial charge on any atom is 0.143 e. The molecule has 1 aliphatic heterocycles. The minimum atomic E-state index is -0.480. The van der Waals surface area contributed by atoms with E-state index in [0.29, 0.717) is 11.6 Å². The largest absolute Gasteiger partial charge is 0.397 e. The van der Waals surface area contributed by atoms with Crippen molar-refractivity contribution >= 4 is 28.7 Å². The third-order valence-electron chi connectivity index (χ3n) is 3.71. The van der Waals surface area contributed by atoms with Crippen molar-refractivity contribution in [2.45, 2.75) is 13.3 Å². The van der Waals surface area contributed by atoms with Gasteiger partial charge in [0.25, 0.3) is 0 Å². The van der Waals surface area contributed by atoms with E-state index in [1.165, 1.54) is 11.6 Å². The van der Waals surface area contributed by atoms with Gasteiger partial charge < -0.3 is 10.6 Å². The number of nitrogens with two attached hydrogens (primary N) is 1. The fourth-order valence-corrected chi connectivity index (χ4v) is 2.97. The molecule has 0 fully saturated rings. The number of benzene rings is 2. The van der Waals surface area contributed by atoms with Crippen LogP contribution >= 0.6 is 11.6 Å². The fourth-order valence-electron chi connectivity index (χ4n) is 2.81. The summed E-state index contributed by atoms with van der Waals surface area (Å²) in [6.45, 7) is 3.05. The third kappa shape index (κ3) is 2.22. The topological polar surface area (TPSA) is 29.3 Å². The number of halogens is 2. The Labute approximate surface area is 123 Å². The minimum Gasteiger partial charge on any atom is -0.397 e. The van der Waals surface area contributed by atoms with Crippen LogP contribution in [-0.2, 0) is 6.42 Å². The van der Waals surface area contributed by atoms with Gasteiger partial charge in [-0.05, 0) is 30.0 Å². The molecular weight excluding hydrogens is 275 g/mol. The molecule has 2 nitrogen and oxygen atoms in total. The van der Waals surface area contributed by atoms with Gasteiger partial charge in [0, 0.05) is 18.3 Å². The van der Waals surface area contributed by atoms with Crippen molar-refractivity contribution in [3.63, 3.8) is 0 Å². The second kappa shape index (κ2) is 4.98. The highest BCUT2D eigenvalue weighted by atomic mass is 35.5. The molecule has 2 aromatic carbocycles. The molecule has 0 aliphatic carbocycles. The van der Waals surface area contributed by atoms with Crippen LogP contribution < -0.4 is 10.6 Å². The Balaban J connectivity index is 2.13. The molecule has 3 rings (SSSR count). The fraction of sp³-hybridized carbons (Fsp3) is 0.250. The Morgan fingerprint density at radius 3 is 2.80 bits per heavy atom. The summed E-state index contributed by atoms with van der Waals surface area (Å²) in [6, 6.07) is 11.1. The van der Waals surface area contributed by atoms with Crippen molar-refractivity contribution in [2.24, 2.45) is 5.92 Å². The lowest BCUT2D eigenvalue weighted by molar-refractivity contribution is 0.562. The monoisotopic (exact) mass is 290 g/mol. The van der Waals surface area contributed by atoms with Crippen molar-refractivity contribution in [1.82, 2.24) is 0 Å². The Morgan fingerprint density at radius 2 is 2.00 bits per heavy atom. The first-order valence-electron chi connectivity index (χ1n) is 6.66. The predicted molar refractivity (Wildman–Crippen MR) is 82.1 cm³/mol. The van der Waals surface area contributed by atoms with Crippen LogP contribution in [-0.4, -0.2) is 6.54 Å². The highest BCUT2D eigenvalue weighted by molar-refractivity contribution is 6.31. The maximum absolute atomic E-state index is 13.5. The summed E-state index contributed by atoms with van der Waals surface area (Å²) in [5, 5.41) is 0.102. The van der Waals surface area contributed by atoms with E-state index in [-0.39, 0.29) is 5.02 Å². The van der Waals surface area contributed by atoms with Gasteiger partial charge in [-0.2, -0.15) is 0 Å². The third-order valence-corrected chi connectivity index (χ3v) is 4.00. The number of para-hydroxylation sites is 1. The second-order valence-corrected chi connectivity index (χ2v) is 5.78. The van der Waals surface area contributed by atoms with Crippen molar-refractivity contribution in [1.29, 1.82) is 0 Å². The van der Waals surface area contributed by atoms with Crippen LogP contribution in [0.4, 0.5) is 21.5 Å². The average Bonchev–Trinajstić information content (AvgIpc) is 2.42. The average molecular weight is 291 g/mol. The van der Waals surface area contributed by atoms with Crippen molar-refractivity contribution in [2.75, 3.05) is 17.2 Å². The molecule has 0 spiro atoms. The minimum absolute atomic E-state index is 0.102. The smallest absolute Gasteiger partial charge is 0.143 e. The molecule has 1 unspecified atom stereocenters. The van der Waals surface area contributed by atoms with Gasteiger partial charge in [-0.3, -0.25) is 0 Å². The van der Waals surface area contributed by atoms with Gasteiger partial charge in [0.1, 0.15) is 5.82 Å². The van der Waals surface area contributed by atoms with E-state index in [9.17, 15) is 4.39 Å². The highest BCUT2D eigenvalue weighted by Gasteiger charge is 2.24. The molecule has 0 saturated heterocycles. The molecular formula is C16H16ClFN2. The number of hydrogen-bond acceptors (Lipinski definition) is 2. The Morgan fingerprint density at radius 1 is 1.25 bits per heavy atom. The van der Waals surface area contributed by atoms with Gasteiger partial charge in [-0.25, -0.2) is 4.39 Å². The molecule has 1 atom stereocenters. The van der Waals surface area contributed by atoms with E-state index in [4.69, 9.17) is 17.3 Å². The van der Waals surface area contributed by atoms with Gasteiger partial charge >= 0.3 is 0 Å². The molecule has 1 heterocycles. The number of hydrogen-bond donors (Lipinski definition) is 1. The van der Waals surface area contributed by atoms with E-state index in [0.717, 1.165) is 24.3 Å². The van der Waals surface area contributed by atoms with Crippen LogP contribution in [0, 0.1) is 11.7 Å². The number of anilines is 3. The normalized spacial score (nSPS) is 17.9. The summed E-state index contributed by atoms with van der Waals surface area (Å²) in [7, 11) is 0. The highest BCUT2D eigenvalue weighted by Crippen LogP contribution is 2.39. The van der Waals surface area contributed by atoms with Crippen molar-refractivity contribution in [3.8, 4) is 0 Å². The molecule has 20 heavy (non-hydrogen) atoms. The number of rotatable bonds is 1. The molecule has 1 aliphatic rings. The van der Waals surface area contributed by atoms with E-state index in [1.54, 1.807) is 6.07 Å². The predicted octanol–water partition coefficient (Wildman–Crippen LogP) is 4.39. The summed E-state index contributed by atoms with van der Waals surface area (Å²) >= 11 is 5.91. The van der Waals surface area contributed by atoms with Gasteiger partial charge in [-0.15, -0.1) is 0 Å². The summed E-state index contributed by atoms with van der Waals surface area (Å²) in [6.07, 6.45) is 1.04. The lowest BCUT2D eigenvalue weighted by atomic mass is 9.93. The van der Waals surface area contributed by atoms with Crippen molar-refractivity contribution < 1.29 is 4.39 Å². The second-order valence-electron chi connectivity index (χ2n) is 5.37. The zero-order valence-electron chi connectivity index (χ0n) is 11.2. The van der Waals surface area contributed by atoms with Crippen LogP contribution in [0.3, 0.4) is 0 Å². The van der Waals surface area contributed by atoms with E-state index >= 15 is 0 Å². The SMILES string of the molecule is CC1Cc2ccccc2N(c2cc(Cl)c(F)cc2N)C1. The molecule has 4 heteroatoms. The molecule has 0 bridgehead atoms. The first kappa shape index (κ1) is 13.3. The van der Waals surface area contributed by atoms with Gasteiger partial charge in [-0.1, -0.05) is 36.7 Å². The molecule has 104 valence electrons. The Kier molecular flexibility index (Phi) is 3.30. The lowest BCUT2D eigenvalue weighted by Crippen LogP contribution is -2.30. The van der Waals surface area contributed by atoms with Crippen molar-refractivity contribution in [3.05, 3.63) is 52.8 Å². The number of nitrogen functional groups attached to an aromatic ring is 1. The zero-order chi connectivity index (χ0) is 14.3. The maximum atomic E-state index is 13.5. The van der Waals surface area contributed by atoms with Crippen LogP contribution in [0.5, 0.6) is 0 Å². The molecule has 0 aromatic heterocycles. The quantitative estimate of drug-likeness (QED) is 0.789. The van der Waals surface area contributed by atoms with Crippen LogP contribution in [0.1, 0.15) is 12.5 Å². The summed E-state index contributed by atoms with van der Waals surface area (Å²) < 4.78 is 13.5. The number of fused-ring (bicyclic) bond motifs is 1. The van der Waals surface area contributed by atoms with Gasteiger partial charge in [0.2, 0.25) is 0 Å². The van der Waals surface area contributed by atoms with Crippen LogP contribution in [0.25, 0.3) is 0 Å². The molecule has 2 N–H and O–H groups in total. The standard InChI is InChI=1S/C16H16ClFN2/c1-10-6-11-4-2-3-5-15(11)20(9-10)16-7-12(17)13(18)8-14(16)19/h2-5,7-8,10H,6,9,19H2,1H3. The van der Waals surface area contributed by atoms with Crippen LogP contribution in [0.2, 0.25) is 5.02 Å². The summed E-state index contributed by atoms with van der Waals surface area (Å²) in [4.78, 5) is 2.13. The van der Waals surface area contributed by atoms with Gasteiger partial charge in [0.05, 0.1) is 16.4 Å². The molecule has 0 saturated carbocycles. The molecule has 0 amide bonds. The first-order chi connectivity index (χ1) is 9.56. The summed E-state index contributed by atoms with van der Waals surface area (Å²) in [5.74, 6) is 0.0272. The van der Waals surface area contributed by atoms with Gasteiger partial charge in [0.15, 0.2) is 0 Å². The number of nitrogens with zero attached hydrogens (tertiary/aromatic N) is 1. The first-order valence-corrected chi connectivity index (χ1v) is 7.04. The Hall–Kier alpha value is -1.74. The van der Waals surface area contributed by atoms with Crippen LogP contribution in [0.15, 0.2) is 36.4 Å². The van der Waals surface area contributed by atoms with E-state index < -0.39 is 5.82 Å².